The summed E-state index contributed by atoms with van der Waals surface area (Å²) in [6.45, 7) is 13.0. The van der Waals surface area contributed by atoms with Crippen molar-refractivity contribution < 1.29 is 5.11 Å². The van der Waals surface area contributed by atoms with Gasteiger partial charge in [-0.05, 0) is 33.9 Å². The molecule has 2 rings (SSSR count). The Balaban J connectivity index is 2.43. The monoisotopic (exact) mass is 322 g/mol. The minimum absolute atomic E-state index is 0.00378. The van der Waals surface area contributed by atoms with E-state index in [1.54, 1.807) is 0 Å². The van der Waals surface area contributed by atoms with E-state index in [1.807, 2.05) is 18.2 Å². The van der Waals surface area contributed by atoms with E-state index in [-0.39, 0.29) is 10.8 Å². The van der Waals surface area contributed by atoms with Crippen LogP contribution in [0.15, 0.2) is 48.5 Å². The van der Waals surface area contributed by atoms with Gasteiger partial charge >= 0.3 is 0 Å². The zero-order valence-corrected chi connectivity index (χ0v) is 15.9. The normalized spacial score (nSPS) is 12.8. The number of hydrogen-bond donors (Lipinski definition) is 1. The standard InChI is InChI=1S/C23H30O/c1-22(2,3)19-15-16-20(23(4,5)6)21(24)18(19)14-10-13-17-11-8-7-9-12-17/h7-13,15-16,24H,14H2,1-6H3. The summed E-state index contributed by atoms with van der Waals surface area (Å²) in [5, 5.41) is 10.9. The van der Waals surface area contributed by atoms with E-state index in [4.69, 9.17) is 0 Å². The lowest BCUT2D eigenvalue weighted by Gasteiger charge is -2.28. The molecule has 0 bridgehead atoms. The van der Waals surface area contributed by atoms with Crippen LogP contribution in [0, 0.1) is 0 Å². The third-order valence-corrected chi connectivity index (χ3v) is 4.33. The molecule has 1 N–H and O–H groups in total. The van der Waals surface area contributed by atoms with Gasteiger partial charge in [0.15, 0.2) is 0 Å². The van der Waals surface area contributed by atoms with Crippen LogP contribution in [0.1, 0.15) is 63.8 Å². The molecule has 0 amide bonds. The van der Waals surface area contributed by atoms with Crippen LogP contribution >= 0.6 is 0 Å². The Morgan fingerprint density at radius 2 is 1.33 bits per heavy atom. The smallest absolute Gasteiger partial charge is 0.123 e. The van der Waals surface area contributed by atoms with Crippen molar-refractivity contribution in [2.75, 3.05) is 0 Å². The number of phenolic OH excluding ortho intramolecular Hbond substituents is 1. The second-order valence-corrected chi connectivity index (χ2v) is 8.51. The maximum absolute atomic E-state index is 10.9. The van der Waals surface area contributed by atoms with E-state index in [2.05, 4.69) is 78.0 Å². The van der Waals surface area contributed by atoms with Crippen molar-refractivity contribution in [3.63, 3.8) is 0 Å². The summed E-state index contributed by atoms with van der Waals surface area (Å²) in [5.41, 5.74) is 4.38. The van der Waals surface area contributed by atoms with E-state index in [1.165, 1.54) is 11.1 Å². The van der Waals surface area contributed by atoms with Crippen LogP contribution in [0.25, 0.3) is 6.08 Å². The Morgan fingerprint density at radius 1 is 0.792 bits per heavy atom. The third-order valence-electron chi connectivity index (χ3n) is 4.33. The average molecular weight is 322 g/mol. The minimum atomic E-state index is -0.0710. The molecule has 0 aliphatic rings. The quantitative estimate of drug-likeness (QED) is 0.709. The van der Waals surface area contributed by atoms with E-state index in [0.717, 1.165) is 17.5 Å². The van der Waals surface area contributed by atoms with Crippen LogP contribution in [0.4, 0.5) is 0 Å². The van der Waals surface area contributed by atoms with Crippen molar-refractivity contribution in [1.29, 1.82) is 0 Å². The van der Waals surface area contributed by atoms with Gasteiger partial charge in [0.25, 0.3) is 0 Å². The van der Waals surface area contributed by atoms with E-state index >= 15 is 0 Å². The number of allylic oxidation sites excluding steroid dienone is 1. The lowest BCUT2D eigenvalue weighted by atomic mass is 9.78. The van der Waals surface area contributed by atoms with Crippen LogP contribution in [0.2, 0.25) is 0 Å². The van der Waals surface area contributed by atoms with Gasteiger partial charge in [-0.2, -0.15) is 0 Å². The second kappa shape index (κ2) is 6.84. The van der Waals surface area contributed by atoms with E-state index < -0.39 is 0 Å². The molecule has 2 aromatic rings. The van der Waals surface area contributed by atoms with Crippen LogP contribution < -0.4 is 0 Å². The zero-order chi connectivity index (χ0) is 18.0. The maximum Gasteiger partial charge on any atom is 0.123 e. The van der Waals surface area contributed by atoms with E-state index in [9.17, 15) is 5.11 Å². The molecule has 1 heteroatoms. The first kappa shape index (κ1) is 18.3. The Hall–Kier alpha value is -2.02. The largest absolute Gasteiger partial charge is 0.507 e. The molecule has 24 heavy (non-hydrogen) atoms. The molecule has 128 valence electrons. The molecule has 0 fully saturated rings. The molecular weight excluding hydrogens is 292 g/mol. The summed E-state index contributed by atoms with van der Waals surface area (Å²) in [6, 6.07) is 14.6. The molecule has 2 aromatic carbocycles. The molecule has 0 heterocycles. The summed E-state index contributed by atoms with van der Waals surface area (Å²) in [7, 11) is 0. The Morgan fingerprint density at radius 3 is 1.88 bits per heavy atom. The molecule has 0 unspecified atom stereocenters. The fourth-order valence-electron chi connectivity index (χ4n) is 3.03. The zero-order valence-electron chi connectivity index (χ0n) is 15.9. The Bertz CT molecular complexity index is 710. The number of phenols is 1. The van der Waals surface area contributed by atoms with E-state index in [0.29, 0.717) is 5.75 Å². The molecule has 0 aliphatic heterocycles. The highest BCUT2D eigenvalue weighted by Crippen LogP contribution is 2.39. The number of aromatic hydroxyl groups is 1. The molecule has 0 aliphatic carbocycles. The van der Waals surface area contributed by atoms with Gasteiger partial charge in [-0.25, -0.2) is 0 Å². The highest BCUT2D eigenvalue weighted by Gasteiger charge is 2.25. The highest BCUT2D eigenvalue weighted by molar-refractivity contribution is 5.54. The number of benzene rings is 2. The van der Waals surface area contributed by atoms with Crippen molar-refractivity contribution in [2.45, 2.75) is 58.8 Å². The summed E-state index contributed by atoms with van der Waals surface area (Å²) >= 11 is 0. The molecule has 0 aromatic heterocycles. The summed E-state index contributed by atoms with van der Waals surface area (Å²) in [4.78, 5) is 0. The second-order valence-electron chi connectivity index (χ2n) is 8.51. The van der Waals surface area contributed by atoms with Crippen LogP contribution in [0.5, 0.6) is 5.75 Å². The van der Waals surface area contributed by atoms with Crippen LogP contribution in [-0.4, -0.2) is 5.11 Å². The number of hydrogen-bond acceptors (Lipinski definition) is 1. The van der Waals surface area contributed by atoms with Gasteiger partial charge in [0.05, 0.1) is 0 Å². The van der Waals surface area contributed by atoms with Gasteiger partial charge in [0.2, 0.25) is 0 Å². The predicted molar refractivity (Wildman–Crippen MR) is 105 cm³/mol. The molecule has 0 radical (unpaired) electrons. The SMILES string of the molecule is CC(C)(C)c1ccc(C(C)(C)C)c(CC=Cc2ccccc2)c1O. The van der Waals surface area contributed by atoms with Gasteiger partial charge in [-0.15, -0.1) is 0 Å². The van der Waals surface area contributed by atoms with Crippen molar-refractivity contribution >= 4 is 6.08 Å². The lowest BCUT2D eigenvalue weighted by Crippen LogP contribution is -2.18. The first-order valence-corrected chi connectivity index (χ1v) is 8.68. The summed E-state index contributed by atoms with van der Waals surface area (Å²) in [6.07, 6.45) is 5.00. The van der Waals surface area contributed by atoms with Crippen molar-refractivity contribution in [2.24, 2.45) is 0 Å². The van der Waals surface area contributed by atoms with Crippen molar-refractivity contribution in [1.82, 2.24) is 0 Å². The average Bonchev–Trinajstić information content (AvgIpc) is 2.47. The minimum Gasteiger partial charge on any atom is -0.507 e. The molecule has 1 nitrogen and oxygen atoms in total. The first-order chi connectivity index (χ1) is 11.1. The van der Waals surface area contributed by atoms with Crippen molar-refractivity contribution in [3.8, 4) is 5.75 Å². The summed E-state index contributed by atoms with van der Waals surface area (Å²) < 4.78 is 0. The number of rotatable bonds is 3. The first-order valence-electron chi connectivity index (χ1n) is 8.68. The van der Waals surface area contributed by atoms with Gasteiger partial charge in [-0.1, -0.05) is 96.2 Å². The van der Waals surface area contributed by atoms with Gasteiger partial charge in [0.1, 0.15) is 5.75 Å². The fourth-order valence-corrected chi connectivity index (χ4v) is 3.03. The Kier molecular flexibility index (Phi) is 5.22. The maximum atomic E-state index is 10.9. The Labute approximate surface area is 147 Å². The highest BCUT2D eigenvalue weighted by atomic mass is 16.3. The summed E-state index contributed by atoms with van der Waals surface area (Å²) in [5.74, 6) is 0.452. The van der Waals surface area contributed by atoms with Gasteiger partial charge in [-0.3, -0.25) is 0 Å². The fraction of sp³-hybridized carbons (Fsp3) is 0.391. The van der Waals surface area contributed by atoms with Crippen LogP contribution in [-0.2, 0) is 17.3 Å². The molecule has 0 atom stereocenters. The van der Waals surface area contributed by atoms with Gasteiger partial charge < -0.3 is 5.11 Å². The molecule has 0 spiro atoms. The predicted octanol–water partition coefficient (Wildman–Crippen LogP) is 6.24. The molecule has 0 saturated heterocycles. The van der Waals surface area contributed by atoms with Gasteiger partial charge in [0, 0.05) is 5.56 Å². The van der Waals surface area contributed by atoms with Crippen LogP contribution in [0.3, 0.4) is 0 Å². The van der Waals surface area contributed by atoms with Crippen molar-refractivity contribution in [3.05, 3.63) is 70.8 Å². The molecular formula is C23H30O. The topological polar surface area (TPSA) is 20.2 Å². The lowest BCUT2D eigenvalue weighted by molar-refractivity contribution is 0.437. The molecule has 0 saturated carbocycles. The third kappa shape index (κ3) is 4.29.